The predicted molar refractivity (Wildman–Crippen MR) is 87.1 cm³/mol. The van der Waals surface area contributed by atoms with Gasteiger partial charge in [0.1, 0.15) is 5.52 Å². The molecule has 1 N–H and O–H groups in total. The molecular formula is C17H15ClN2O2. The number of anilines is 1. The highest BCUT2D eigenvalue weighted by atomic mass is 35.5. The lowest BCUT2D eigenvalue weighted by molar-refractivity contribution is -0.116. The van der Waals surface area contributed by atoms with Crippen molar-refractivity contribution in [1.82, 2.24) is 4.98 Å². The molecule has 0 spiro atoms. The number of hydrogen-bond donors (Lipinski definition) is 1. The molecule has 5 heteroatoms. The number of halogens is 1. The summed E-state index contributed by atoms with van der Waals surface area (Å²) >= 11 is 6.04. The topological polar surface area (TPSA) is 55.1 Å². The molecule has 0 unspecified atom stereocenters. The maximum absolute atomic E-state index is 12.0. The standard InChI is InChI=1S/C17H15ClN2O2/c1-11-6-7-12(10-13(11)18)19-16(21)8-9-17-20-14-4-2-3-5-15(14)22-17/h2-7,10H,8-9H2,1H3,(H,19,21). The summed E-state index contributed by atoms with van der Waals surface area (Å²) in [5, 5.41) is 3.46. The molecule has 112 valence electrons. The Kier molecular flexibility index (Phi) is 4.11. The summed E-state index contributed by atoms with van der Waals surface area (Å²) in [6.45, 7) is 1.92. The average Bonchev–Trinajstić information content (AvgIpc) is 2.92. The third-order valence-electron chi connectivity index (χ3n) is 3.36. The summed E-state index contributed by atoms with van der Waals surface area (Å²) in [5.41, 5.74) is 3.22. The fourth-order valence-electron chi connectivity index (χ4n) is 2.14. The van der Waals surface area contributed by atoms with Crippen LogP contribution in [0.1, 0.15) is 17.9 Å². The van der Waals surface area contributed by atoms with Gasteiger partial charge in [0, 0.05) is 23.6 Å². The van der Waals surface area contributed by atoms with E-state index in [-0.39, 0.29) is 5.91 Å². The molecule has 0 aliphatic heterocycles. The van der Waals surface area contributed by atoms with Gasteiger partial charge >= 0.3 is 0 Å². The van der Waals surface area contributed by atoms with Crippen molar-refractivity contribution in [2.75, 3.05) is 5.32 Å². The van der Waals surface area contributed by atoms with Crippen LogP contribution in [-0.4, -0.2) is 10.9 Å². The van der Waals surface area contributed by atoms with E-state index in [0.717, 1.165) is 16.7 Å². The number of aryl methyl sites for hydroxylation is 2. The molecule has 0 radical (unpaired) electrons. The van der Waals surface area contributed by atoms with E-state index in [1.807, 2.05) is 43.3 Å². The monoisotopic (exact) mass is 314 g/mol. The molecule has 3 aromatic rings. The van der Waals surface area contributed by atoms with E-state index in [1.165, 1.54) is 0 Å². The van der Waals surface area contributed by atoms with Crippen LogP contribution >= 0.6 is 11.6 Å². The second-order valence-electron chi connectivity index (χ2n) is 5.09. The van der Waals surface area contributed by atoms with Gasteiger partial charge in [0.25, 0.3) is 0 Å². The Balaban J connectivity index is 1.60. The molecule has 4 nitrogen and oxygen atoms in total. The van der Waals surface area contributed by atoms with Crippen molar-refractivity contribution in [2.24, 2.45) is 0 Å². The molecule has 0 saturated carbocycles. The predicted octanol–water partition coefficient (Wildman–Crippen LogP) is 4.36. The second kappa shape index (κ2) is 6.20. The number of rotatable bonds is 4. The van der Waals surface area contributed by atoms with Gasteiger partial charge in [-0.1, -0.05) is 29.8 Å². The summed E-state index contributed by atoms with van der Waals surface area (Å²) in [4.78, 5) is 16.3. The van der Waals surface area contributed by atoms with E-state index in [0.29, 0.717) is 29.4 Å². The van der Waals surface area contributed by atoms with E-state index < -0.39 is 0 Å². The van der Waals surface area contributed by atoms with Crippen molar-refractivity contribution < 1.29 is 9.21 Å². The Morgan fingerprint density at radius 2 is 2.09 bits per heavy atom. The van der Waals surface area contributed by atoms with E-state index in [4.69, 9.17) is 16.0 Å². The second-order valence-corrected chi connectivity index (χ2v) is 5.49. The summed E-state index contributed by atoms with van der Waals surface area (Å²) in [6.07, 6.45) is 0.762. The van der Waals surface area contributed by atoms with Crippen molar-refractivity contribution in [3.63, 3.8) is 0 Å². The number of hydrogen-bond acceptors (Lipinski definition) is 3. The maximum atomic E-state index is 12.0. The number of nitrogens with one attached hydrogen (secondary N) is 1. The van der Waals surface area contributed by atoms with Crippen LogP contribution in [0.3, 0.4) is 0 Å². The van der Waals surface area contributed by atoms with Crippen molar-refractivity contribution in [3.8, 4) is 0 Å². The van der Waals surface area contributed by atoms with Crippen molar-refractivity contribution >= 4 is 34.3 Å². The highest BCUT2D eigenvalue weighted by Gasteiger charge is 2.09. The Labute approximate surface area is 133 Å². The summed E-state index contributed by atoms with van der Waals surface area (Å²) in [6, 6.07) is 13.0. The molecule has 1 amide bonds. The molecule has 22 heavy (non-hydrogen) atoms. The van der Waals surface area contributed by atoms with Crippen molar-refractivity contribution in [1.29, 1.82) is 0 Å². The number of amides is 1. The van der Waals surface area contributed by atoms with Gasteiger partial charge in [-0.15, -0.1) is 0 Å². The largest absolute Gasteiger partial charge is 0.441 e. The lowest BCUT2D eigenvalue weighted by atomic mass is 10.2. The van der Waals surface area contributed by atoms with Crippen LogP contribution in [0, 0.1) is 6.92 Å². The van der Waals surface area contributed by atoms with Crippen LogP contribution in [0.25, 0.3) is 11.1 Å². The molecule has 0 saturated heterocycles. The van der Waals surface area contributed by atoms with Gasteiger partial charge < -0.3 is 9.73 Å². The minimum atomic E-state index is -0.0952. The molecule has 1 aromatic heterocycles. The van der Waals surface area contributed by atoms with Gasteiger partial charge in [0.05, 0.1) is 0 Å². The number of oxazole rings is 1. The quantitative estimate of drug-likeness (QED) is 0.778. The first kappa shape index (κ1) is 14.6. The maximum Gasteiger partial charge on any atom is 0.224 e. The fraction of sp³-hybridized carbons (Fsp3) is 0.176. The SMILES string of the molecule is Cc1ccc(NC(=O)CCc2nc3ccccc3o2)cc1Cl. The van der Waals surface area contributed by atoms with Crippen LogP contribution in [-0.2, 0) is 11.2 Å². The first-order chi connectivity index (χ1) is 10.6. The van der Waals surface area contributed by atoms with Gasteiger partial charge in [-0.3, -0.25) is 4.79 Å². The van der Waals surface area contributed by atoms with Crippen LogP contribution in [0.2, 0.25) is 5.02 Å². The molecule has 0 fully saturated rings. The average molecular weight is 315 g/mol. The number of fused-ring (bicyclic) bond motifs is 1. The highest BCUT2D eigenvalue weighted by Crippen LogP contribution is 2.20. The van der Waals surface area contributed by atoms with Gasteiger partial charge in [0.2, 0.25) is 5.91 Å². The molecule has 0 atom stereocenters. The highest BCUT2D eigenvalue weighted by molar-refractivity contribution is 6.31. The molecule has 1 heterocycles. The Bertz CT molecular complexity index is 793. The smallest absolute Gasteiger partial charge is 0.224 e. The lowest BCUT2D eigenvalue weighted by Gasteiger charge is -2.06. The van der Waals surface area contributed by atoms with Crippen molar-refractivity contribution in [3.05, 3.63) is 58.9 Å². The Hall–Kier alpha value is -2.33. The van der Waals surface area contributed by atoms with Gasteiger partial charge in [0.15, 0.2) is 11.5 Å². The van der Waals surface area contributed by atoms with Crippen molar-refractivity contribution in [2.45, 2.75) is 19.8 Å². The molecule has 0 aliphatic rings. The van der Waals surface area contributed by atoms with Crippen LogP contribution < -0.4 is 5.32 Å². The minimum absolute atomic E-state index is 0.0952. The first-order valence-electron chi connectivity index (χ1n) is 7.02. The first-order valence-corrected chi connectivity index (χ1v) is 7.40. The zero-order chi connectivity index (χ0) is 15.5. The van der Waals surface area contributed by atoms with E-state index >= 15 is 0 Å². The lowest BCUT2D eigenvalue weighted by Crippen LogP contribution is -2.12. The zero-order valence-electron chi connectivity index (χ0n) is 12.1. The van der Waals surface area contributed by atoms with Crippen LogP contribution in [0.5, 0.6) is 0 Å². The number of aromatic nitrogens is 1. The van der Waals surface area contributed by atoms with Gasteiger partial charge in [-0.05, 0) is 36.8 Å². The van der Waals surface area contributed by atoms with Crippen LogP contribution in [0.15, 0.2) is 46.9 Å². The number of para-hydroxylation sites is 2. The summed E-state index contributed by atoms with van der Waals surface area (Å²) in [5.74, 6) is 0.473. The third kappa shape index (κ3) is 3.28. The Morgan fingerprint density at radius 3 is 2.86 bits per heavy atom. The number of carbonyl (C=O) groups excluding carboxylic acids is 1. The van der Waals surface area contributed by atoms with Gasteiger partial charge in [-0.25, -0.2) is 4.98 Å². The molecule has 3 rings (SSSR count). The summed E-state index contributed by atoms with van der Waals surface area (Å²) < 4.78 is 5.59. The molecule has 0 aliphatic carbocycles. The molecule has 2 aromatic carbocycles. The number of benzene rings is 2. The zero-order valence-corrected chi connectivity index (χ0v) is 12.9. The minimum Gasteiger partial charge on any atom is -0.441 e. The summed E-state index contributed by atoms with van der Waals surface area (Å²) in [7, 11) is 0. The molecular weight excluding hydrogens is 300 g/mol. The van der Waals surface area contributed by atoms with Gasteiger partial charge in [-0.2, -0.15) is 0 Å². The fourth-order valence-corrected chi connectivity index (χ4v) is 2.32. The van der Waals surface area contributed by atoms with E-state index in [1.54, 1.807) is 6.07 Å². The normalized spacial score (nSPS) is 10.8. The Morgan fingerprint density at radius 1 is 1.27 bits per heavy atom. The van der Waals surface area contributed by atoms with Crippen LogP contribution in [0.4, 0.5) is 5.69 Å². The third-order valence-corrected chi connectivity index (χ3v) is 3.77. The number of nitrogens with zero attached hydrogens (tertiary/aromatic N) is 1. The van der Waals surface area contributed by atoms with E-state index in [9.17, 15) is 4.79 Å². The van der Waals surface area contributed by atoms with E-state index in [2.05, 4.69) is 10.3 Å². The number of carbonyl (C=O) groups is 1. The molecule has 0 bridgehead atoms.